The van der Waals surface area contributed by atoms with Crippen molar-refractivity contribution in [1.82, 2.24) is 4.90 Å². The van der Waals surface area contributed by atoms with Crippen molar-refractivity contribution >= 4 is 6.09 Å². The Morgan fingerprint density at radius 1 is 0.946 bits per heavy atom. The van der Waals surface area contributed by atoms with E-state index in [0.29, 0.717) is 18.9 Å². The molecule has 0 saturated carbocycles. The van der Waals surface area contributed by atoms with E-state index >= 15 is 0 Å². The van der Waals surface area contributed by atoms with Crippen LogP contribution in [0.2, 0.25) is 0 Å². The highest BCUT2D eigenvalue weighted by Gasteiger charge is 2.53. The molecule has 0 aromatic heterocycles. The maximum absolute atomic E-state index is 14.0. The van der Waals surface area contributed by atoms with Crippen LogP contribution in [0.4, 0.5) is 22.4 Å². The lowest BCUT2D eigenvalue weighted by atomic mass is 9.78. The second-order valence-electron chi connectivity index (χ2n) is 10.2. The topological polar surface area (TPSA) is 49.8 Å². The number of amides is 1. The molecule has 1 amide bonds. The molecule has 0 spiro atoms. The SMILES string of the molecule is O=C(OCC1c2ccccc2-c2ccccc21)N1C2CCC1CC(O)(c1cc(F)ccc1C(F)(F)F)C2. The highest BCUT2D eigenvalue weighted by atomic mass is 19.4. The van der Waals surface area contributed by atoms with Crippen LogP contribution < -0.4 is 0 Å². The Morgan fingerprint density at radius 2 is 1.51 bits per heavy atom. The fourth-order valence-corrected chi connectivity index (χ4v) is 6.56. The van der Waals surface area contributed by atoms with Gasteiger partial charge in [-0.15, -0.1) is 0 Å². The summed E-state index contributed by atoms with van der Waals surface area (Å²) in [6.45, 7) is 0.134. The molecular formula is C29H25F4NO3. The number of aliphatic hydroxyl groups is 1. The Hall–Kier alpha value is -3.39. The Labute approximate surface area is 211 Å². The molecule has 2 heterocycles. The van der Waals surface area contributed by atoms with E-state index in [1.807, 2.05) is 48.5 Å². The molecule has 37 heavy (non-hydrogen) atoms. The molecule has 2 fully saturated rings. The lowest BCUT2D eigenvalue weighted by molar-refractivity contribution is -0.142. The highest BCUT2D eigenvalue weighted by molar-refractivity contribution is 5.79. The second kappa shape index (κ2) is 8.58. The molecule has 0 radical (unpaired) electrons. The van der Waals surface area contributed by atoms with Gasteiger partial charge in [-0.25, -0.2) is 9.18 Å². The standard InChI is InChI=1S/C29H25F4NO3/c30-17-9-12-25(29(31,32)33)26(13-17)28(36)14-18-10-11-19(15-28)34(18)27(35)37-16-24-22-7-3-1-5-20(22)21-6-2-4-8-23(21)24/h1-9,12-13,18-19,24,36H,10-11,14-16H2. The Balaban J connectivity index is 1.21. The van der Waals surface area contributed by atoms with Gasteiger partial charge in [-0.05, 0) is 58.9 Å². The highest BCUT2D eigenvalue weighted by Crippen LogP contribution is 2.49. The van der Waals surface area contributed by atoms with Crippen molar-refractivity contribution in [2.45, 2.75) is 55.5 Å². The van der Waals surface area contributed by atoms with E-state index in [-0.39, 0.29) is 25.4 Å². The fourth-order valence-electron chi connectivity index (χ4n) is 6.56. The van der Waals surface area contributed by atoms with Crippen molar-refractivity contribution < 1.29 is 32.2 Å². The maximum Gasteiger partial charge on any atom is 0.416 e. The van der Waals surface area contributed by atoms with E-state index in [4.69, 9.17) is 4.74 Å². The van der Waals surface area contributed by atoms with E-state index in [0.717, 1.165) is 34.4 Å². The van der Waals surface area contributed by atoms with Crippen LogP contribution in [0.25, 0.3) is 11.1 Å². The van der Waals surface area contributed by atoms with E-state index in [1.54, 1.807) is 4.90 Å². The summed E-state index contributed by atoms with van der Waals surface area (Å²) in [5, 5.41) is 11.4. The number of hydrogen-bond acceptors (Lipinski definition) is 3. The number of ether oxygens (including phenoxy) is 1. The summed E-state index contributed by atoms with van der Waals surface area (Å²) in [7, 11) is 0. The third kappa shape index (κ3) is 3.98. The van der Waals surface area contributed by atoms with Crippen molar-refractivity contribution in [2.24, 2.45) is 0 Å². The first-order valence-corrected chi connectivity index (χ1v) is 12.4. The summed E-state index contributed by atoms with van der Waals surface area (Å²) in [6, 6.07) is 17.2. The van der Waals surface area contributed by atoms with E-state index < -0.39 is 46.9 Å². The van der Waals surface area contributed by atoms with Crippen LogP contribution >= 0.6 is 0 Å². The first-order chi connectivity index (χ1) is 17.7. The molecule has 1 N–H and O–H groups in total. The van der Waals surface area contributed by atoms with E-state index in [9.17, 15) is 27.5 Å². The zero-order chi connectivity index (χ0) is 25.9. The molecule has 1 aliphatic carbocycles. The summed E-state index contributed by atoms with van der Waals surface area (Å²) in [5.74, 6) is -0.958. The number of hydrogen-bond donors (Lipinski definition) is 1. The van der Waals surface area contributed by atoms with Gasteiger partial charge in [0.25, 0.3) is 0 Å². The number of carbonyl (C=O) groups excluding carboxylic acids is 1. The first kappa shape index (κ1) is 24.0. The largest absolute Gasteiger partial charge is 0.448 e. The number of fused-ring (bicyclic) bond motifs is 5. The van der Waals surface area contributed by atoms with Crippen LogP contribution in [0, 0.1) is 5.82 Å². The maximum atomic E-state index is 14.0. The average molecular weight is 512 g/mol. The number of alkyl halides is 3. The van der Waals surface area contributed by atoms with Gasteiger partial charge in [0, 0.05) is 30.8 Å². The first-order valence-electron chi connectivity index (χ1n) is 12.4. The summed E-state index contributed by atoms with van der Waals surface area (Å²) in [5.41, 5.74) is 0.973. The molecule has 2 unspecified atom stereocenters. The van der Waals surface area contributed by atoms with Gasteiger partial charge in [-0.2, -0.15) is 13.2 Å². The van der Waals surface area contributed by atoms with E-state index in [2.05, 4.69) is 0 Å². The Kier molecular flexibility index (Phi) is 5.56. The third-order valence-corrected chi connectivity index (χ3v) is 8.10. The predicted octanol–water partition coefficient (Wildman–Crippen LogP) is 6.61. The normalized spacial score (nSPS) is 24.6. The van der Waals surface area contributed by atoms with Crippen LogP contribution in [-0.4, -0.2) is 34.8 Å². The second-order valence-corrected chi connectivity index (χ2v) is 10.2. The Morgan fingerprint density at radius 3 is 2.08 bits per heavy atom. The zero-order valence-electron chi connectivity index (χ0n) is 19.8. The predicted molar refractivity (Wildman–Crippen MR) is 128 cm³/mol. The van der Waals surface area contributed by atoms with Gasteiger partial charge in [-0.3, -0.25) is 0 Å². The van der Waals surface area contributed by atoms with Gasteiger partial charge in [0.05, 0.1) is 11.2 Å². The molecule has 3 aromatic rings. The minimum atomic E-state index is -4.73. The van der Waals surface area contributed by atoms with Gasteiger partial charge >= 0.3 is 12.3 Å². The van der Waals surface area contributed by atoms with Gasteiger partial charge in [0.2, 0.25) is 0 Å². The number of halogens is 4. The average Bonchev–Trinajstić information content (AvgIpc) is 3.34. The van der Waals surface area contributed by atoms with Crippen LogP contribution in [-0.2, 0) is 16.5 Å². The van der Waals surface area contributed by atoms with Crippen molar-refractivity contribution in [3.63, 3.8) is 0 Å². The number of nitrogens with zero attached hydrogens (tertiary/aromatic N) is 1. The molecule has 2 saturated heterocycles. The molecule has 8 heteroatoms. The van der Waals surface area contributed by atoms with E-state index in [1.165, 1.54) is 0 Å². The van der Waals surface area contributed by atoms with Gasteiger partial charge in [-0.1, -0.05) is 48.5 Å². The monoisotopic (exact) mass is 511 g/mol. The molecule has 2 bridgehead atoms. The van der Waals surface area contributed by atoms with Crippen LogP contribution in [0.1, 0.15) is 53.9 Å². The molecule has 3 aliphatic rings. The minimum Gasteiger partial charge on any atom is -0.448 e. The van der Waals surface area contributed by atoms with Gasteiger partial charge in [0.1, 0.15) is 12.4 Å². The van der Waals surface area contributed by atoms with Crippen LogP contribution in [0.15, 0.2) is 66.7 Å². The van der Waals surface area contributed by atoms with Crippen LogP contribution in [0.5, 0.6) is 0 Å². The third-order valence-electron chi connectivity index (χ3n) is 8.10. The number of piperidine rings is 1. The molecule has 2 atom stereocenters. The Bertz CT molecular complexity index is 1310. The summed E-state index contributed by atoms with van der Waals surface area (Å²) >= 11 is 0. The van der Waals surface area contributed by atoms with Crippen molar-refractivity contribution in [3.8, 4) is 11.1 Å². The molecule has 6 rings (SSSR count). The van der Waals surface area contributed by atoms with Crippen molar-refractivity contribution in [1.29, 1.82) is 0 Å². The molecule has 192 valence electrons. The quantitative estimate of drug-likeness (QED) is 0.403. The summed E-state index contributed by atoms with van der Waals surface area (Å²) in [4.78, 5) is 14.8. The summed E-state index contributed by atoms with van der Waals surface area (Å²) in [6.07, 6.45) is -4.42. The minimum absolute atomic E-state index is 0.111. The molecule has 3 aromatic carbocycles. The molecule has 2 aliphatic heterocycles. The smallest absolute Gasteiger partial charge is 0.416 e. The zero-order valence-corrected chi connectivity index (χ0v) is 19.8. The van der Waals surface area contributed by atoms with Crippen LogP contribution in [0.3, 0.4) is 0 Å². The van der Waals surface area contributed by atoms with Crippen molar-refractivity contribution in [3.05, 3.63) is 94.8 Å². The van der Waals surface area contributed by atoms with Gasteiger partial charge < -0.3 is 14.7 Å². The lowest BCUT2D eigenvalue weighted by Gasteiger charge is -2.44. The summed E-state index contributed by atoms with van der Waals surface area (Å²) < 4.78 is 60.8. The number of rotatable bonds is 3. The van der Waals surface area contributed by atoms with Crippen molar-refractivity contribution in [2.75, 3.05) is 6.61 Å². The van der Waals surface area contributed by atoms with Gasteiger partial charge in [0.15, 0.2) is 0 Å². The fraction of sp³-hybridized carbons (Fsp3) is 0.345. The lowest BCUT2D eigenvalue weighted by Crippen LogP contribution is -2.52. The number of benzene rings is 3. The molecular weight excluding hydrogens is 486 g/mol. The molecule has 4 nitrogen and oxygen atoms in total. The number of carbonyl (C=O) groups is 1.